The first-order valence-corrected chi connectivity index (χ1v) is 27.7. The molecule has 0 bridgehead atoms. The van der Waals surface area contributed by atoms with Crippen LogP contribution in [-0.2, 0) is 96.8 Å². The zero-order chi connectivity index (χ0) is 57.9. The Hall–Kier alpha value is -4.32. The molecule has 3 saturated heterocycles. The molecular formula is C57H92N2O19. The summed E-state index contributed by atoms with van der Waals surface area (Å²) < 4.78 is 81.4. The molecule has 0 aliphatic carbocycles. The van der Waals surface area contributed by atoms with Crippen molar-refractivity contribution in [3.63, 3.8) is 0 Å². The topological polar surface area (TPSA) is 229 Å². The maximum absolute atomic E-state index is 14.1. The Bertz CT molecular complexity index is 2030. The summed E-state index contributed by atoms with van der Waals surface area (Å²) in [5, 5.41) is 0. The Kier molecular flexibility index (Phi) is 27.3. The lowest BCUT2D eigenvalue weighted by Gasteiger charge is -2.51. The lowest BCUT2D eigenvalue weighted by Crippen LogP contribution is -2.67. The van der Waals surface area contributed by atoms with Gasteiger partial charge in [-0.25, -0.2) is 0 Å². The summed E-state index contributed by atoms with van der Waals surface area (Å²) in [6.45, 7) is 17.7. The van der Waals surface area contributed by atoms with Gasteiger partial charge in [0.15, 0.2) is 36.7 Å². The van der Waals surface area contributed by atoms with Gasteiger partial charge in [0.2, 0.25) is 0 Å². The summed E-state index contributed by atoms with van der Waals surface area (Å²) in [6, 6.07) is 9.45. The van der Waals surface area contributed by atoms with E-state index in [-0.39, 0.29) is 38.0 Å². The Morgan fingerprint density at radius 1 is 0.769 bits per heavy atom. The molecule has 0 spiro atoms. The number of esters is 6. The quantitative estimate of drug-likeness (QED) is 0.0552. The highest BCUT2D eigenvalue weighted by Crippen LogP contribution is 2.40. The lowest BCUT2D eigenvalue weighted by molar-refractivity contribution is -0.346. The molecular weight excluding hydrogens is 1020 g/mol. The number of aryl methyl sites for hydroxylation is 1. The van der Waals surface area contributed by atoms with E-state index in [1.165, 1.54) is 47.7 Å². The van der Waals surface area contributed by atoms with Gasteiger partial charge in [0.05, 0.1) is 30.8 Å². The Morgan fingerprint density at radius 3 is 2.01 bits per heavy atom. The number of hydrogen-bond acceptors (Lipinski definition) is 21. The molecule has 0 radical (unpaired) electrons. The van der Waals surface area contributed by atoms with Gasteiger partial charge in [0.25, 0.3) is 0 Å². The van der Waals surface area contributed by atoms with E-state index in [4.69, 9.17) is 61.6 Å². The zero-order valence-corrected chi connectivity index (χ0v) is 49.0. The summed E-state index contributed by atoms with van der Waals surface area (Å²) in [6.07, 6.45) is -9.70. The molecule has 16 atom stereocenters. The zero-order valence-electron chi connectivity index (χ0n) is 49.0. The van der Waals surface area contributed by atoms with Crippen LogP contribution in [0.5, 0.6) is 0 Å². The van der Waals surface area contributed by atoms with E-state index < -0.39 is 140 Å². The van der Waals surface area contributed by atoms with Crippen LogP contribution in [0.1, 0.15) is 133 Å². The van der Waals surface area contributed by atoms with Crippen LogP contribution in [0.25, 0.3) is 0 Å². The van der Waals surface area contributed by atoms with Crippen LogP contribution in [0.3, 0.4) is 0 Å². The molecule has 21 heteroatoms. The summed E-state index contributed by atoms with van der Waals surface area (Å²) in [4.78, 5) is 83.1. The molecule has 3 aliphatic heterocycles. The minimum Gasteiger partial charge on any atom is -0.463 e. The van der Waals surface area contributed by atoms with Crippen LogP contribution < -0.4 is 0 Å². The van der Waals surface area contributed by atoms with E-state index in [1.807, 2.05) is 36.9 Å². The van der Waals surface area contributed by atoms with Crippen LogP contribution in [0.2, 0.25) is 0 Å². The molecule has 3 fully saturated rings. The normalized spacial score (nSPS) is 32.7. The maximum Gasteiger partial charge on any atom is 0.309 e. The van der Waals surface area contributed by atoms with Gasteiger partial charge >= 0.3 is 35.8 Å². The molecule has 0 saturated carbocycles. The van der Waals surface area contributed by atoms with Crippen molar-refractivity contribution in [2.45, 2.75) is 225 Å². The van der Waals surface area contributed by atoms with E-state index >= 15 is 0 Å². The fourth-order valence-corrected chi connectivity index (χ4v) is 11.0. The Morgan fingerprint density at radius 2 is 1.42 bits per heavy atom. The van der Waals surface area contributed by atoms with Crippen molar-refractivity contribution in [2.75, 3.05) is 55.1 Å². The summed E-state index contributed by atoms with van der Waals surface area (Å²) >= 11 is 0. The molecule has 78 heavy (non-hydrogen) atoms. The number of rotatable bonds is 22. The van der Waals surface area contributed by atoms with Gasteiger partial charge in [-0.05, 0) is 97.8 Å². The molecule has 0 unspecified atom stereocenters. The van der Waals surface area contributed by atoms with Crippen molar-refractivity contribution < 1.29 is 90.3 Å². The first-order valence-electron chi connectivity index (χ1n) is 27.7. The van der Waals surface area contributed by atoms with Gasteiger partial charge in [-0.2, -0.15) is 0 Å². The third-order valence-electron chi connectivity index (χ3n) is 14.8. The van der Waals surface area contributed by atoms with Crippen LogP contribution in [0.4, 0.5) is 0 Å². The van der Waals surface area contributed by atoms with Gasteiger partial charge in [0.1, 0.15) is 30.5 Å². The molecule has 3 heterocycles. The summed E-state index contributed by atoms with van der Waals surface area (Å²) in [7, 11) is 7.98. The monoisotopic (exact) mass is 1110 g/mol. The van der Waals surface area contributed by atoms with Gasteiger partial charge in [0, 0.05) is 80.9 Å². The van der Waals surface area contributed by atoms with E-state index in [2.05, 4.69) is 17.0 Å². The number of ether oxygens (including phenoxy) is 13. The van der Waals surface area contributed by atoms with Gasteiger partial charge < -0.3 is 66.5 Å². The molecule has 1 aromatic carbocycles. The smallest absolute Gasteiger partial charge is 0.309 e. The third kappa shape index (κ3) is 20.0. The first-order chi connectivity index (χ1) is 36.9. The number of methoxy groups -OCH3 is 3. The number of unbranched alkanes of at least 4 members (excludes halogenated alkanes) is 1. The number of carbonyl (C=O) groups is 6. The fraction of sp³-hybridized carbons (Fsp3) is 0.789. The van der Waals surface area contributed by atoms with Crippen molar-refractivity contribution in [1.82, 2.24) is 9.80 Å². The highest BCUT2D eigenvalue weighted by atomic mass is 16.7. The molecule has 1 aromatic rings. The second-order valence-electron chi connectivity index (χ2n) is 21.5. The predicted molar refractivity (Wildman–Crippen MR) is 283 cm³/mol. The second kappa shape index (κ2) is 32.2. The van der Waals surface area contributed by atoms with Crippen molar-refractivity contribution in [3.8, 4) is 0 Å². The van der Waals surface area contributed by atoms with Crippen molar-refractivity contribution >= 4 is 35.8 Å². The van der Waals surface area contributed by atoms with Gasteiger partial charge in [-0.3, -0.25) is 33.7 Å². The molecule has 444 valence electrons. The minimum absolute atomic E-state index is 0.0250. The third-order valence-corrected chi connectivity index (χ3v) is 14.8. The minimum atomic E-state index is -1.39. The number of cyclic esters (lactones) is 1. The lowest BCUT2D eigenvalue weighted by atomic mass is 9.81. The molecule has 4 rings (SSSR count). The van der Waals surface area contributed by atoms with Crippen LogP contribution >= 0.6 is 0 Å². The first kappa shape index (κ1) is 66.2. The van der Waals surface area contributed by atoms with E-state index in [0.717, 1.165) is 19.3 Å². The number of nitrogens with zero attached hydrogens (tertiary/aromatic N) is 2. The summed E-state index contributed by atoms with van der Waals surface area (Å²) in [5.74, 6) is -4.52. The van der Waals surface area contributed by atoms with Crippen molar-refractivity contribution in [1.29, 1.82) is 0 Å². The Balaban J connectivity index is 1.85. The highest BCUT2D eigenvalue weighted by molar-refractivity contribution is 5.73. The second-order valence-corrected chi connectivity index (χ2v) is 21.5. The summed E-state index contributed by atoms with van der Waals surface area (Å²) in [5.41, 5.74) is -0.121. The Labute approximate surface area is 462 Å². The van der Waals surface area contributed by atoms with Crippen molar-refractivity contribution in [2.24, 2.45) is 11.8 Å². The SMILES string of the molecule is CCC(=O)O[C@@H]1CC(=O)O[C@H](C)CCN(CCCCc2ccccc2)C[C@H](OC(C)=O)[C@H](C)C[C@H](CC(OC)OC)[C@H](O[C@@H]2O[C@H](C)[C@@H](O[C@H]3C[C@@](C)(OC(C)=O)[C@@H](OC(=O)CC)[C@H](C)O3)[C@H](N(C)C)[C@H]2OC(C)=O)[C@H]1OC. The predicted octanol–water partition coefficient (Wildman–Crippen LogP) is 6.11. The largest absolute Gasteiger partial charge is 0.463 e. The fourth-order valence-electron chi connectivity index (χ4n) is 11.0. The number of likely N-dealkylation sites (N-methyl/N-ethyl adjacent to an activating group) is 1. The number of hydrogen-bond donors (Lipinski definition) is 0. The van der Waals surface area contributed by atoms with E-state index in [9.17, 15) is 28.8 Å². The van der Waals surface area contributed by atoms with Crippen molar-refractivity contribution in [3.05, 3.63) is 35.9 Å². The van der Waals surface area contributed by atoms with Gasteiger partial charge in [-0.1, -0.05) is 51.1 Å². The molecule has 21 nitrogen and oxygen atoms in total. The molecule has 0 N–H and O–H groups in total. The molecule has 0 aromatic heterocycles. The standard InChI is InChI=1S/C57H92N2O19/c1-16-45(63)74-43-31-47(65)69-35(4)26-28-59(27-22-21-25-41-23-19-18-20-24-41)33-44(72-38(7)60)34(3)29-42(30-48(66-13)67-14)52(53(43)68-15)77-56-54(73-39(8)61)50(58(11)12)51(36(5)71-56)76-49-32-57(10,78-40(9)62)55(37(6)70-49)75-46(64)17-2/h18-20,23-24,34-37,42-44,48-56H,16-17,21-22,25-33H2,1-15H3/t34-,35-,36-,37+,42-,43-,44+,49+,50+,51-,52+,53+,54-,55+,56+,57-/m1/s1. The average Bonchev–Trinajstić information content (AvgIpc) is 3.49. The van der Waals surface area contributed by atoms with Crippen LogP contribution in [0.15, 0.2) is 30.3 Å². The van der Waals surface area contributed by atoms with Crippen LogP contribution in [-0.4, -0.2) is 192 Å². The number of benzene rings is 1. The number of carbonyl (C=O) groups excluding carboxylic acids is 6. The maximum atomic E-state index is 14.1. The highest BCUT2D eigenvalue weighted by Gasteiger charge is 2.56. The van der Waals surface area contributed by atoms with E-state index in [1.54, 1.807) is 48.7 Å². The molecule has 3 aliphatic rings. The van der Waals surface area contributed by atoms with E-state index in [0.29, 0.717) is 26.1 Å². The molecule has 0 amide bonds. The van der Waals surface area contributed by atoms with Crippen LogP contribution in [0, 0.1) is 11.8 Å². The average molecular weight is 1110 g/mol. The van der Waals surface area contributed by atoms with Gasteiger partial charge in [-0.15, -0.1) is 0 Å².